The molecule has 0 radical (unpaired) electrons. The van der Waals surface area contributed by atoms with Crippen LogP contribution in [0.25, 0.3) is 0 Å². The average molecular weight is 146 g/mol. The van der Waals surface area contributed by atoms with Gasteiger partial charge in [-0.2, -0.15) is 0 Å². The van der Waals surface area contributed by atoms with Gasteiger partial charge in [-0.1, -0.05) is 18.2 Å². The minimum Gasteiger partial charge on any atom is -0.203 e. The molecule has 0 aliphatic carbocycles. The Kier molecular flexibility index (Phi) is 1.72. The molecule has 0 saturated carbocycles. The van der Waals surface area contributed by atoms with Crippen LogP contribution in [0.5, 0.6) is 0 Å². The Morgan fingerprint density at radius 3 is 2.55 bits per heavy atom. The molecule has 0 atom stereocenters. The van der Waals surface area contributed by atoms with Crippen molar-refractivity contribution in [3.05, 3.63) is 30.3 Å². The van der Waals surface area contributed by atoms with E-state index in [2.05, 4.69) is 41.1 Å². The molecule has 0 saturated heterocycles. The molecule has 0 unspecified atom stereocenters. The van der Waals surface area contributed by atoms with E-state index in [1.54, 1.807) is 0 Å². The standard InChI is InChI=1S/C10H12N/c1-2-6-10(7-3-1)11-8-4-5-9-11/h1-3,6-8H,4-5,9H2/q+1. The van der Waals surface area contributed by atoms with Gasteiger partial charge in [0, 0.05) is 25.0 Å². The quantitative estimate of drug-likeness (QED) is 0.534. The van der Waals surface area contributed by atoms with Crippen molar-refractivity contribution in [3.8, 4) is 0 Å². The molecule has 0 bridgehead atoms. The SMILES string of the molecule is C1=[N+](c2ccccc2)CCC1. The second kappa shape index (κ2) is 2.87. The molecule has 1 aromatic rings. The fourth-order valence-corrected chi connectivity index (χ4v) is 1.45. The minimum atomic E-state index is 1.18. The van der Waals surface area contributed by atoms with Crippen LogP contribution in [-0.2, 0) is 0 Å². The van der Waals surface area contributed by atoms with Crippen LogP contribution in [0.4, 0.5) is 5.69 Å². The van der Waals surface area contributed by atoms with Crippen molar-refractivity contribution in [2.45, 2.75) is 12.8 Å². The lowest BCUT2D eigenvalue weighted by molar-refractivity contribution is -0.426. The molecule has 0 fully saturated rings. The zero-order valence-corrected chi connectivity index (χ0v) is 6.53. The highest BCUT2D eigenvalue weighted by Crippen LogP contribution is 2.13. The third-order valence-electron chi connectivity index (χ3n) is 2.04. The van der Waals surface area contributed by atoms with Gasteiger partial charge in [-0.15, -0.1) is 0 Å². The summed E-state index contributed by atoms with van der Waals surface area (Å²) >= 11 is 0. The fraction of sp³-hybridized carbons (Fsp3) is 0.300. The maximum absolute atomic E-state index is 2.32. The Balaban J connectivity index is 2.29. The molecule has 1 aromatic carbocycles. The van der Waals surface area contributed by atoms with Gasteiger partial charge in [0.05, 0.1) is 0 Å². The Labute approximate surface area is 67.0 Å². The predicted octanol–water partition coefficient (Wildman–Crippen LogP) is 2.20. The molecule has 0 spiro atoms. The molecule has 1 heterocycles. The number of nitrogens with zero attached hydrogens (tertiary/aromatic N) is 1. The van der Waals surface area contributed by atoms with E-state index in [1.165, 1.54) is 25.1 Å². The Morgan fingerprint density at radius 1 is 1.09 bits per heavy atom. The maximum Gasteiger partial charge on any atom is 0.204 e. The summed E-state index contributed by atoms with van der Waals surface area (Å²) in [6.45, 7) is 1.18. The molecule has 1 aliphatic rings. The summed E-state index contributed by atoms with van der Waals surface area (Å²) in [4.78, 5) is 0. The number of benzene rings is 1. The van der Waals surface area contributed by atoms with E-state index in [9.17, 15) is 0 Å². The molecule has 56 valence electrons. The summed E-state index contributed by atoms with van der Waals surface area (Å²) in [6, 6.07) is 10.5. The highest BCUT2D eigenvalue weighted by atomic mass is 15.0. The van der Waals surface area contributed by atoms with E-state index in [-0.39, 0.29) is 0 Å². The van der Waals surface area contributed by atoms with E-state index in [0.717, 1.165) is 0 Å². The molecule has 0 N–H and O–H groups in total. The van der Waals surface area contributed by atoms with Gasteiger partial charge in [0.1, 0.15) is 12.8 Å². The number of hydrogen-bond donors (Lipinski definition) is 0. The Morgan fingerprint density at radius 2 is 1.91 bits per heavy atom. The summed E-state index contributed by atoms with van der Waals surface area (Å²) in [5.74, 6) is 0. The van der Waals surface area contributed by atoms with Gasteiger partial charge in [-0.3, -0.25) is 0 Å². The molecular weight excluding hydrogens is 134 g/mol. The normalized spacial score (nSPS) is 16.5. The summed E-state index contributed by atoms with van der Waals surface area (Å²) < 4.78 is 2.32. The van der Waals surface area contributed by atoms with E-state index < -0.39 is 0 Å². The Bertz CT molecular complexity index is 261. The summed E-state index contributed by atoms with van der Waals surface area (Å²) in [7, 11) is 0. The summed E-state index contributed by atoms with van der Waals surface area (Å²) in [5.41, 5.74) is 1.32. The summed E-state index contributed by atoms with van der Waals surface area (Å²) in [6.07, 6.45) is 4.80. The maximum atomic E-state index is 2.32. The van der Waals surface area contributed by atoms with E-state index in [0.29, 0.717) is 0 Å². The highest BCUT2D eigenvalue weighted by Gasteiger charge is 2.12. The first-order chi connectivity index (χ1) is 5.47. The lowest BCUT2D eigenvalue weighted by Gasteiger charge is -1.93. The molecule has 0 amide bonds. The smallest absolute Gasteiger partial charge is 0.203 e. The van der Waals surface area contributed by atoms with Crippen molar-refractivity contribution in [1.29, 1.82) is 0 Å². The van der Waals surface area contributed by atoms with Crippen LogP contribution >= 0.6 is 0 Å². The third kappa shape index (κ3) is 1.32. The van der Waals surface area contributed by atoms with Gasteiger partial charge in [-0.05, 0) is 0 Å². The summed E-state index contributed by atoms with van der Waals surface area (Å²) in [5, 5.41) is 0. The van der Waals surface area contributed by atoms with Crippen molar-refractivity contribution < 1.29 is 4.58 Å². The van der Waals surface area contributed by atoms with Crippen molar-refractivity contribution in [2.24, 2.45) is 0 Å². The van der Waals surface area contributed by atoms with Crippen LogP contribution in [0.1, 0.15) is 12.8 Å². The second-order valence-electron chi connectivity index (χ2n) is 2.85. The number of hydrogen-bond acceptors (Lipinski definition) is 0. The number of para-hydroxylation sites is 1. The second-order valence-corrected chi connectivity index (χ2v) is 2.85. The topological polar surface area (TPSA) is 3.01 Å². The fourth-order valence-electron chi connectivity index (χ4n) is 1.45. The van der Waals surface area contributed by atoms with E-state index in [1.807, 2.05) is 0 Å². The van der Waals surface area contributed by atoms with Gasteiger partial charge < -0.3 is 0 Å². The van der Waals surface area contributed by atoms with Gasteiger partial charge in [0.2, 0.25) is 5.69 Å². The molecule has 11 heavy (non-hydrogen) atoms. The highest BCUT2D eigenvalue weighted by molar-refractivity contribution is 5.55. The van der Waals surface area contributed by atoms with Crippen LogP contribution < -0.4 is 0 Å². The first-order valence-corrected chi connectivity index (χ1v) is 4.12. The molecular formula is C10H12N+. The third-order valence-corrected chi connectivity index (χ3v) is 2.04. The van der Waals surface area contributed by atoms with Crippen molar-refractivity contribution >= 4 is 11.9 Å². The minimum absolute atomic E-state index is 1.18. The predicted molar refractivity (Wildman–Crippen MR) is 46.5 cm³/mol. The largest absolute Gasteiger partial charge is 0.204 e. The van der Waals surface area contributed by atoms with Crippen LogP contribution in [-0.4, -0.2) is 17.3 Å². The lowest BCUT2D eigenvalue weighted by atomic mass is 10.3. The average Bonchev–Trinajstić information content (AvgIpc) is 2.58. The zero-order valence-electron chi connectivity index (χ0n) is 6.53. The van der Waals surface area contributed by atoms with Gasteiger partial charge in [0.25, 0.3) is 0 Å². The molecule has 2 rings (SSSR count). The monoisotopic (exact) mass is 146 g/mol. The van der Waals surface area contributed by atoms with E-state index >= 15 is 0 Å². The van der Waals surface area contributed by atoms with Gasteiger partial charge in [0.15, 0.2) is 0 Å². The number of rotatable bonds is 1. The van der Waals surface area contributed by atoms with Crippen LogP contribution in [0.2, 0.25) is 0 Å². The van der Waals surface area contributed by atoms with Crippen LogP contribution in [0, 0.1) is 0 Å². The molecule has 1 nitrogen and oxygen atoms in total. The van der Waals surface area contributed by atoms with Crippen LogP contribution in [0.3, 0.4) is 0 Å². The first kappa shape index (κ1) is 6.59. The van der Waals surface area contributed by atoms with Crippen molar-refractivity contribution in [3.63, 3.8) is 0 Å². The van der Waals surface area contributed by atoms with E-state index in [4.69, 9.17) is 0 Å². The van der Waals surface area contributed by atoms with Crippen LogP contribution in [0.15, 0.2) is 30.3 Å². The van der Waals surface area contributed by atoms with Gasteiger partial charge in [-0.25, -0.2) is 4.58 Å². The molecule has 1 aliphatic heterocycles. The first-order valence-electron chi connectivity index (χ1n) is 4.12. The van der Waals surface area contributed by atoms with Gasteiger partial charge >= 0.3 is 0 Å². The molecule has 0 aromatic heterocycles. The zero-order chi connectivity index (χ0) is 7.52. The van der Waals surface area contributed by atoms with Crippen molar-refractivity contribution in [2.75, 3.05) is 6.54 Å². The van der Waals surface area contributed by atoms with Crippen molar-refractivity contribution in [1.82, 2.24) is 0 Å². The lowest BCUT2D eigenvalue weighted by Crippen LogP contribution is -1.99. The molecule has 1 heteroatoms. The Hall–Kier alpha value is -1.11.